The average molecular weight is 351 g/mol. The molecule has 2 unspecified atom stereocenters. The first kappa shape index (κ1) is 16.0. The van der Waals surface area contributed by atoms with E-state index in [1.807, 2.05) is 18.2 Å². The summed E-state index contributed by atoms with van der Waals surface area (Å²) in [4.78, 5) is 38.1. The molecule has 0 bridgehead atoms. The van der Waals surface area contributed by atoms with Gasteiger partial charge in [0.15, 0.2) is 5.78 Å². The lowest BCUT2D eigenvalue weighted by Gasteiger charge is -2.30. The van der Waals surface area contributed by atoms with E-state index in [2.05, 4.69) is 0 Å². The van der Waals surface area contributed by atoms with Crippen molar-refractivity contribution in [2.45, 2.75) is 19.3 Å². The van der Waals surface area contributed by atoms with Crippen LogP contribution >= 0.6 is 11.6 Å². The van der Waals surface area contributed by atoms with Gasteiger partial charge in [-0.3, -0.25) is 14.4 Å². The minimum Gasteiger partial charge on any atom is -0.299 e. The van der Waals surface area contributed by atoms with Crippen molar-refractivity contribution in [2.75, 3.05) is 0 Å². The van der Waals surface area contributed by atoms with Gasteiger partial charge in [0.2, 0.25) is 0 Å². The number of carbonyl (C=O) groups excluding carboxylic acids is 3. The maximum Gasteiger partial charge on any atom is 0.190 e. The molecule has 0 heterocycles. The second-order valence-electron chi connectivity index (χ2n) is 6.53. The molecule has 2 aromatic carbocycles. The molecule has 0 amide bonds. The Morgan fingerprint density at radius 2 is 1.64 bits per heavy atom. The molecule has 124 valence electrons. The Morgan fingerprint density at radius 1 is 1.00 bits per heavy atom. The van der Waals surface area contributed by atoms with Crippen LogP contribution in [0.5, 0.6) is 0 Å². The molecule has 2 aliphatic carbocycles. The SMILES string of the molecule is CC(=O)C1C(=O)CC2=C(C(=O)c3ccccc32)C1c1ccc(Cl)cc1. The zero-order chi connectivity index (χ0) is 17.7. The second-order valence-corrected chi connectivity index (χ2v) is 6.96. The fourth-order valence-corrected chi connectivity index (χ4v) is 4.14. The van der Waals surface area contributed by atoms with Gasteiger partial charge in [-0.15, -0.1) is 0 Å². The number of hydrogen-bond donors (Lipinski definition) is 0. The second kappa shape index (κ2) is 5.78. The van der Waals surface area contributed by atoms with Crippen molar-refractivity contribution in [3.05, 3.63) is 75.8 Å². The third-order valence-electron chi connectivity index (χ3n) is 5.08. The van der Waals surface area contributed by atoms with E-state index in [4.69, 9.17) is 11.6 Å². The fourth-order valence-electron chi connectivity index (χ4n) is 4.02. The third-order valence-corrected chi connectivity index (χ3v) is 5.33. The summed E-state index contributed by atoms with van der Waals surface area (Å²) in [6, 6.07) is 14.4. The first-order valence-electron chi connectivity index (χ1n) is 8.15. The summed E-state index contributed by atoms with van der Waals surface area (Å²) in [5.74, 6) is -1.79. The lowest BCUT2D eigenvalue weighted by Crippen LogP contribution is -2.34. The highest BCUT2D eigenvalue weighted by atomic mass is 35.5. The van der Waals surface area contributed by atoms with Crippen LogP contribution < -0.4 is 0 Å². The molecular weight excluding hydrogens is 336 g/mol. The topological polar surface area (TPSA) is 51.2 Å². The maximum atomic E-state index is 13.0. The van der Waals surface area contributed by atoms with Gasteiger partial charge in [-0.1, -0.05) is 48.0 Å². The highest BCUT2D eigenvalue weighted by molar-refractivity contribution is 6.30. The standard InChI is InChI=1S/C21H15ClO3/c1-11(23)18-17(24)10-16-14-4-2-3-5-15(14)21(25)20(16)19(18)12-6-8-13(22)9-7-12/h2-9,18-19H,10H2,1H3. The molecule has 0 fully saturated rings. The smallest absolute Gasteiger partial charge is 0.190 e. The van der Waals surface area contributed by atoms with Gasteiger partial charge in [-0.2, -0.15) is 0 Å². The third kappa shape index (κ3) is 2.38. The Hall–Kier alpha value is -2.52. The largest absolute Gasteiger partial charge is 0.299 e. The van der Waals surface area contributed by atoms with E-state index in [1.165, 1.54) is 6.92 Å². The number of rotatable bonds is 2. The van der Waals surface area contributed by atoms with Gasteiger partial charge in [-0.25, -0.2) is 0 Å². The van der Waals surface area contributed by atoms with Crippen LogP contribution in [0.15, 0.2) is 54.1 Å². The molecule has 0 saturated carbocycles. The number of hydrogen-bond acceptors (Lipinski definition) is 3. The lowest BCUT2D eigenvalue weighted by molar-refractivity contribution is -0.131. The van der Waals surface area contributed by atoms with E-state index in [0.29, 0.717) is 16.2 Å². The van der Waals surface area contributed by atoms with Crippen LogP contribution in [-0.2, 0) is 9.59 Å². The molecule has 0 spiro atoms. The molecular formula is C21H15ClO3. The Morgan fingerprint density at radius 3 is 2.28 bits per heavy atom. The van der Waals surface area contributed by atoms with Crippen molar-refractivity contribution in [3.8, 4) is 0 Å². The molecule has 2 aliphatic rings. The lowest BCUT2D eigenvalue weighted by atomic mass is 9.69. The first-order chi connectivity index (χ1) is 12.0. The Bertz CT molecular complexity index is 953. The Labute approximate surface area is 150 Å². The van der Waals surface area contributed by atoms with E-state index >= 15 is 0 Å². The summed E-state index contributed by atoms with van der Waals surface area (Å²) in [6.07, 6.45) is 0.131. The highest BCUT2D eigenvalue weighted by Crippen LogP contribution is 2.49. The predicted octanol–water partition coefficient (Wildman–Crippen LogP) is 4.25. The number of carbonyl (C=O) groups is 3. The Kier molecular flexibility index (Phi) is 3.69. The fraction of sp³-hybridized carbons (Fsp3) is 0.190. The highest BCUT2D eigenvalue weighted by Gasteiger charge is 2.46. The van der Waals surface area contributed by atoms with Gasteiger partial charge >= 0.3 is 0 Å². The summed E-state index contributed by atoms with van der Waals surface area (Å²) >= 11 is 5.98. The van der Waals surface area contributed by atoms with Crippen LogP contribution in [0, 0.1) is 5.92 Å². The zero-order valence-corrected chi connectivity index (χ0v) is 14.3. The molecule has 0 aliphatic heterocycles. The van der Waals surface area contributed by atoms with Crippen LogP contribution in [0.2, 0.25) is 5.02 Å². The Balaban J connectivity index is 1.95. The maximum absolute atomic E-state index is 13.0. The number of Topliss-reactive ketones (excluding diaryl/α,β-unsaturated/α-hetero) is 3. The minimum absolute atomic E-state index is 0.0794. The van der Waals surface area contributed by atoms with E-state index < -0.39 is 11.8 Å². The van der Waals surface area contributed by atoms with Crippen LogP contribution in [0.1, 0.15) is 40.7 Å². The number of halogens is 1. The number of allylic oxidation sites excluding steroid dienone is 2. The molecule has 25 heavy (non-hydrogen) atoms. The van der Waals surface area contributed by atoms with Crippen molar-refractivity contribution < 1.29 is 14.4 Å². The van der Waals surface area contributed by atoms with E-state index in [-0.39, 0.29) is 23.8 Å². The summed E-state index contributed by atoms with van der Waals surface area (Å²) in [5, 5.41) is 0.570. The van der Waals surface area contributed by atoms with Crippen molar-refractivity contribution in [1.29, 1.82) is 0 Å². The van der Waals surface area contributed by atoms with E-state index in [9.17, 15) is 14.4 Å². The summed E-state index contributed by atoms with van der Waals surface area (Å²) < 4.78 is 0. The zero-order valence-electron chi connectivity index (χ0n) is 13.6. The average Bonchev–Trinajstić information content (AvgIpc) is 2.87. The molecule has 4 heteroatoms. The van der Waals surface area contributed by atoms with Crippen molar-refractivity contribution in [1.82, 2.24) is 0 Å². The summed E-state index contributed by atoms with van der Waals surface area (Å²) in [5.41, 5.74) is 3.55. The predicted molar refractivity (Wildman–Crippen MR) is 95.7 cm³/mol. The summed E-state index contributed by atoms with van der Waals surface area (Å²) in [6.45, 7) is 1.42. The number of ketones is 3. The van der Waals surface area contributed by atoms with Crippen molar-refractivity contribution in [2.24, 2.45) is 5.92 Å². The molecule has 0 N–H and O–H groups in total. The van der Waals surface area contributed by atoms with Crippen LogP contribution in [0.25, 0.3) is 5.57 Å². The number of fused-ring (bicyclic) bond motifs is 2. The van der Waals surface area contributed by atoms with Gasteiger partial charge in [0.05, 0.1) is 5.92 Å². The molecule has 4 rings (SSSR count). The first-order valence-corrected chi connectivity index (χ1v) is 8.52. The van der Waals surface area contributed by atoms with E-state index in [0.717, 1.165) is 16.7 Å². The van der Waals surface area contributed by atoms with Crippen LogP contribution in [-0.4, -0.2) is 17.3 Å². The van der Waals surface area contributed by atoms with Gasteiger partial charge in [-0.05, 0) is 35.8 Å². The monoisotopic (exact) mass is 350 g/mol. The van der Waals surface area contributed by atoms with Gasteiger partial charge in [0.1, 0.15) is 11.6 Å². The molecule has 3 nitrogen and oxygen atoms in total. The molecule has 2 atom stereocenters. The van der Waals surface area contributed by atoms with Gasteiger partial charge in [0.25, 0.3) is 0 Å². The molecule has 2 aromatic rings. The number of benzene rings is 2. The molecule has 0 aromatic heterocycles. The van der Waals surface area contributed by atoms with Crippen LogP contribution in [0.3, 0.4) is 0 Å². The molecule has 0 radical (unpaired) electrons. The summed E-state index contributed by atoms with van der Waals surface area (Å²) in [7, 11) is 0. The van der Waals surface area contributed by atoms with Crippen LogP contribution in [0.4, 0.5) is 0 Å². The quantitative estimate of drug-likeness (QED) is 0.761. The van der Waals surface area contributed by atoms with Gasteiger partial charge in [0, 0.05) is 28.5 Å². The minimum atomic E-state index is -0.821. The van der Waals surface area contributed by atoms with E-state index in [1.54, 1.807) is 30.3 Å². The van der Waals surface area contributed by atoms with Crippen molar-refractivity contribution in [3.63, 3.8) is 0 Å². The normalized spacial score (nSPS) is 22.0. The molecule has 0 saturated heterocycles. The van der Waals surface area contributed by atoms with Gasteiger partial charge < -0.3 is 0 Å². The van der Waals surface area contributed by atoms with Crippen molar-refractivity contribution >= 4 is 34.5 Å².